The van der Waals surface area contributed by atoms with Crippen LogP contribution < -0.4 is 11.1 Å². The van der Waals surface area contributed by atoms with Gasteiger partial charge in [0.2, 0.25) is 0 Å². The fraction of sp³-hybridized carbons (Fsp3) is 0.684. The Morgan fingerprint density at radius 1 is 1.35 bits per heavy atom. The lowest BCUT2D eigenvalue weighted by Crippen LogP contribution is -2.53. The maximum Gasteiger partial charge on any atom is 0.261 e. The molecule has 0 spiro atoms. The SMILES string of the molecule is CC(C)c1nn(C)c2sc(C(=O)NC3C4CCCC3CC(N)C4)cc12.Cl. The second-order valence-electron chi connectivity index (χ2n) is 8.17. The second-order valence-corrected chi connectivity index (χ2v) is 9.21. The summed E-state index contributed by atoms with van der Waals surface area (Å²) in [6.07, 6.45) is 5.78. The largest absolute Gasteiger partial charge is 0.348 e. The zero-order valence-electron chi connectivity index (χ0n) is 15.7. The van der Waals surface area contributed by atoms with Crippen LogP contribution >= 0.6 is 23.7 Å². The van der Waals surface area contributed by atoms with E-state index in [1.54, 1.807) is 11.3 Å². The number of rotatable bonds is 3. The lowest BCUT2D eigenvalue weighted by atomic mass is 9.67. The summed E-state index contributed by atoms with van der Waals surface area (Å²) in [6, 6.07) is 2.64. The molecule has 3 N–H and O–H groups in total. The Morgan fingerprint density at radius 2 is 2.00 bits per heavy atom. The normalized spacial score (nSPS) is 28.2. The third-order valence-corrected chi connectivity index (χ3v) is 7.19. The zero-order valence-corrected chi connectivity index (χ0v) is 17.3. The molecule has 2 bridgehead atoms. The van der Waals surface area contributed by atoms with Gasteiger partial charge in [-0.15, -0.1) is 23.7 Å². The van der Waals surface area contributed by atoms with Crippen molar-refractivity contribution in [2.24, 2.45) is 24.6 Å². The van der Waals surface area contributed by atoms with E-state index in [0.29, 0.717) is 29.8 Å². The molecule has 4 rings (SSSR count). The minimum Gasteiger partial charge on any atom is -0.348 e. The number of aryl methyl sites for hydroxylation is 1. The van der Waals surface area contributed by atoms with Gasteiger partial charge in [-0.2, -0.15) is 5.10 Å². The lowest BCUT2D eigenvalue weighted by Gasteiger charge is -2.45. The number of carbonyl (C=O) groups excluding carboxylic acids is 1. The smallest absolute Gasteiger partial charge is 0.261 e. The minimum absolute atomic E-state index is 0. The Hall–Kier alpha value is -1.11. The molecule has 26 heavy (non-hydrogen) atoms. The number of carbonyl (C=O) groups is 1. The van der Waals surface area contributed by atoms with Crippen molar-refractivity contribution >= 4 is 39.9 Å². The van der Waals surface area contributed by atoms with Crippen molar-refractivity contribution in [2.75, 3.05) is 0 Å². The van der Waals surface area contributed by atoms with Gasteiger partial charge in [-0.05, 0) is 49.5 Å². The van der Waals surface area contributed by atoms with Crippen LogP contribution in [0.4, 0.5) is 0 Å². The van der Waals surface area contributed by atoms with Gasteiger partial charge in [0.15, 0.2) is 0 Å². The monoisotopic (exact) mass is 396 g/mol. The fourth-order valence-corrected chi connectivity index (χ4v) is 5.83. The van der Waals surface area contributed by atoms with Gasteiger partial charge >= 0.3 is 0 Å². The van der Waals surface area contributed by atoms with E-state index in [9.17, 15) is 4.79 Å². The molecule has 2 aliphatic rings. The number of halogens is 1. The highest BCUT2D eigenvalue weighted by Crippen LogP contribution is 2.40. The quantitative estimate of drug-likeness (QED) is 0.828. The number of aromatic nitrogens is 2. The van der Waals surface area contributed by atoms with Crippen molar-refractivity contribution in [1.29, 1.82) is 0 Å². The Morgan fingerprint density at radius 3 is 2.62 bits per heavy atom. The molecule has 2 aromatic rings. The average Bonchev–Trinajstić information content (AvgIpc) is 3.09. The van der Waals surface area contributed by atoms with E-state index in [1.165, 1.54) is 19.3 Å². The first kappa shape index (κ1) is 19.6. The standard InChI is InChI=1S/C19H28N4OS.ClH/c1-10(2)16-14-9-15(25-19(14)23(3)22-16)18(24)21-17-11-5-4-6-12(17)8-13(20)7-11;/h9-13,17H,4-8,20H2,1-3H3,(H,21,24);1H. The number of hydrogen-bond donors (Lipinski definition) is 2. The lowest BCUT2D eigenvalue weighted by molar-refractivity contribution is 0.0759. The summed E-state index contributed by atoms with van der Waals surface area (Å²) in [5.74, 6) is 1.53. The van der Waals surface area contributed by atoms with Crippen molar-refractivity contribution in [3.63, 3.8) is 0 Å². The Kier molecular flexibility index (Phi) is 5.66. The van der Waals surface area contributed by atoms with E-state index in [4.69, 9.17) is 5.73 Å². The van der Waals surface area contributed by atoms with E-state index < -0.39 is 0 Å². The Bertz CT molecular complexity index is 785. The predicted molar refractivity (Wildman–Crippen MR) is 109 cm³/mol. The van der Waals surface area contributed by atoms with Crippen molar-refractivity contribution in [3.8, 4) is 0 Å². The number of nitrogens with one attached hydrogen (secondary N) is 1. The Labute approximate surface area is 165 Å². The Balaban J connectivity index is 0.00000196. The number of thiophene rings is 1. The van der Waals surface area contributed by atoms with Crippen LogP contribution in [0.15, 0.2) is 6.07 Å². The number of amides is 1. The summed E-state index contributed by atoms with van der Waals surface area (Å²) in [5.41, 5.74) is 7.28. The number of nitrogens with zero attached hydrogens (tertiary/aromatic N) is 2. The highest BCUT2D eigenvalue weighted by molar-refractivity contribution is 7.20. The predicted octanol–water partition coefficient (Wildman–Crippen LogP) is 3.82. The molecular formula is C19H29ClN4OS. The highest BCUT2D eigenvalue weighted by Gasteiger charge is 2.40. The van der Waals surface area contributed by atoms with Gasteiger partial charge in [0.05, 0.1) is 10.6 Å². The molecule has 5 nitrogen and oxygen atoms in total. The second kappa shape index (κ2) is 7.49. The zero-order chi connectivity index (χ0) is 17.7. The molecule has 0 aliphatic heterocycles. The summed E-state index contributed by atoms with van der Waals surface area (Å²) in [4.78, 5) is 14.8. The summed E-state index contributed by atoms with van der Waals surface area (Å²) in [6.45, 7) is 4.29. The van der Waals surface area contributed by atoms with Crippen LogP contribution in [-0.2, 0) is 7.05 Å². The number of fused-ring (bicyclic) bond motifs is 3. The summed E-state index contributed by atoms with van der Waals surface area (Å²) in [7, 11) is 1.96. The van der Waals surface area contributed by atoms with Crippen molar-refractivity contribution in [1.82, 2.24) is 15.1 Å². The van der Waals surface area contributed by atoms with Crippen LogP contribution in [0.3, 0.4) is 0 Å². The molecule has 2 atom stereocenters. The van der Waals surface area contributed by atoms with Gasteiger partial charge < -0.3 is 11.1 Å². The van der Waals surface area contributed by atoms with Crippen LogP contribution in [0.5, 0.6) is 0 Å². The van der Waals surface area contributed by atoms with E-state index in [-0.39, 0.29) is 18.3 Å². The van der Waals surface area contributed by atoms with Crippen LogP contribution in [-0.4, -0.2) is 27.8 Å². The van der Waals surface area contributed by atoms with Gasteiger partial charge in [0.25, 0.3) is 5.91 Å². The molecule has 1 amide bonds. The summed E-state index contributed by atoms with van der Waals surface area (Å²) >= 11 is 1.55. The third kappa shape index (κ3) is 3.39. The molecule has 2 aliphatic carbocycles. The first-order valence-corrected chi connectivity index (χ1v) is 10.3. The van der Waals surface area contributed by atoms with Gasteiger partial charge in [0.1, 0.15) is 4.83 Å². The third-order valence-electron chi connectivity index (χ3n) is 5.99. The molecule has 2 fully saturated rings. The molecule has 7 heteroatoms. The van der Waals surface area contributed by atoms with Crippen LogP contribution in [0, 0.1) is 11.8 Å². The van der Waals surface area contributed by atoms with Gasteiger partial charge in [-0.25, -0.2) is 0 Å². The molecule has 0 aromatic carbocycles. The molecule has 2 unspecified atom stereocenters. The molecule has 0 saturated heterocycles. The first-order chi connectivity index (χ1) is 11.9. The molecule has 2 aromatic heterocycles. The maximum absolute atomic E-state index is 12.9. The van der Waals surface area contributed by atoms with E-state index in [1.807, 2.05) is 17.8 Å². The molecular weight excluding hydrogens is 368 g/mol. The molecule has 2 heterocycles. The van der Waals surface area contributed by atoms with Gasteiger partial charge in [0, 0.05) is 24.5 Å². The van der Waals surface area contributed by atoms with E-state index >= 15 is 0 Å². The highest BCUT2D eigenvalue weighted by atomic mass is 35.5. The van der Waals surface area contributed by atoms with E-state index in [0.717, 1.165) is 33.6 Å². The van der Waals surface area contributed by atoms with Crippen molar-refractivity contribution < 1.29 is 4.79 Å². The van der Waals surface area contributed by atoms with Crippen molar-refractivity contribution in [3.05, 3.63) is 16.6 Å². The van der Waals surface area contributed by atoms with Crippen LogP contribution in [0.1, 0.15) is 67.2 Å². The molecule has 144 valence electrons. The minimum atomic E-state index is 0. The number of nitrogens with two attached hydrogens (primary N) is 1. The first-order valence-electron chi connectivity index (χ1n) is 9.47. The van der Waals surface area contributed by atoms with Crippen LogP contribution in [0.25, 0.3) is 10.2 Å². The molecule has 0 radical (unpaired) electrons. The maximum atomic E-state index is 12.9. The van der Waals surface area contributed by atoms with Crippen molar-refractivity contribution in [2.45, 2.75) is 64.0 Å². The molecule has 2 saturated carbocycles. The van der Waals surface area contributed by atoms with Crippen LogP contribution in [0.2, 0.25) is 0 Å². The van der Waals surface area contributed by atoms with Gasteiger partial charge in [-0.1, -0.05) is 20.3 Å². The van der Waals surface area contributed by atoms with Gasteiger partial charge in [-0.3, -0.25) is 9.48 Å². The average molecular weight is 397 g/mol. The summed E-state index contributed by atoms with van der Waals surface area (Å²) in [5, 5.41) is 9.09. The topological polar surface area (TPSA) is 72.9 Å². The van der Waals surface area contributed by atoms with E-state index in [2.05, 4.69) is 24.3 Å². The fourth-order valence-electron chi connectivity index (χ4n) is 4.85. The number of hydrogen-bond acceptors (Lipinski definition) is 4. The summed E-state index contributed by atoms with van der Waals surface area (Å²) < 4.78 is 1.90.